The van der Waals surface area contributed by atoms with Gasteiger partial charge in [-0.15, -0.1) is 0 Å². The average Bonchev–Trinajstić information content (AvgIpc) is 2.72. The van der Waals surface area contributed by atoms with Crippen LogP contribution in [0.25, 0.3) is 0 Å². The molecule has 1 spiro atoms. The topological polar surface area (TPSA) is 123 Å². The molecule has 0 radical (unpaired) electrons. The van der Waals surface area contributed by atoms with Gasteiger partial charge in [-0.05, 0) is 30.5 Å². The lowest BCUT2D eigenvalue weighted by molar-refractivity contribution is -0.360. The SMILES string of the molecule is COc1cccc([C@@H]2O[C@@]34CCCC[C@@H]3C(C#N)(C#N)[C@@]2(C#N)C(=N)O4)c1. The summed E-state index contributed by atoms with van der Waals surface area (Å²) in [7, 11) is 1.53. The van der Waals surface area contributed by atoms with Crippen molar-refractivity contribution in [1.82, 2.24) is 0 Å². The second kappa shape index (κ2) is 5.71. The number of benzene rings is 1. The van der Waals surface area contributed by atoms with Gasteiger partial charge in [-0.2, -0.15) is 15.8 Å². The fourth-order valence-electron chi connectivity index (χ4n) is 4.95. The van der Waals surface area contributed by atoms with Gasteiger partial charge >= 0.3 is 0 Å². The van der Waals surface area contributed by atoms with Crippen molar-refractivity contribution in [3.05, 3.63) is 29.8 Å². The maximum absolute atomic E-state index is 10.2. The summed E-state index contributed by atoms with van der Waals surface area (Å²) in [6, 6.07) is 13.3. The van der Waals surface area contributed by atoms with Gasteiger partial charge in [0, 0.05) is 6.42 Å². The Hall–Kier alpha value is -3.08. The molecule has 4 atom stereocenters. The summed E-state index contributed by atoms with van der Waals surface area (Å²) < 4.78 is 17.5. The van der Waals surface area contributed by atoms with Crippen molar-refractivity contribution in [2.45, 2.75) is 37.6 Å². The smallest absolute Gasteiger partial charge is 0.218 e. The van der Waals surface area contributed by atoms with E-state index in [9.17, 15) is 15.8 Å². The van der Waals surface area contributed by atoms with E-state index in [0.29, 0.717) is 24.2 Å². The molecule has 4 fully saturated rings. The van der Waals surface area contributed by atoms with Crippen molar-refractivity contribution >= 4 is 5.90 Å². The maximum atomic E-state index is 10.2. The Kier molecular flexibility index (Phi) is 3.67. The number of methoxy groups -OCH3 is 1. The van der Waals surface area contributed by atoms with Gasteiger partial charge in [-0.25, -0.2) is 0 Å². The van der Waals surface area contributed by atoms with Gasteiger partial charge in [-0.3, -0.25) is 5.41 Å². The predicted molar refractivity (Wildman–Crippen MR) is 92.0 cm³/mol. The summed E-state index contributed by atoms with van der Waals surface area (Å²) in [6.45, 7) is 0. The summed E-state index contributed by atoms with van der Waals surface area (Å²) in [5.41, 5.74) is -2.97. The highest BCUT2D eigenvalue weighted by Gasteiger charge is 2.80. The van der Waals surface area contributed by atoms with Crippen molar-refractivity contribution in [2.24, 2.45) is 16.7 Å². The molecule has 2 bridgehead atoms. The molecule has 1 N–H and O–H groups in total. The highest BCUT2D eigenvalue weighted by molar-refractivity contribution is 5.89. The summed E-state index contributed by atoms with van der Waals surface area (Å²) in [5.74, 6) is -1.60. The number of rotatable bonds is 2. The van der Waals surface area contributed by atoms with Gasteiger partial charge in [0.1, 0.15) is 11.9 Å². The van der Waals surface area contributed by atoms with Crippen molar-refractivity contribution in [1.29, 1.82) is 21.2 Å². The van der Waals surface area contributed by atoms with Crippen LogP contribution in [0.4, 0.5) is 0 Å². The minimum Gasteiger partial charge on any atom is -0.497 e. The second-order valence-corrected chi connectivity index (χ2v) is 7.27. The largest absolute Gasteiger partial charge is 0.497 e. The number of fused-ring (bicyclic) bond motifs is 2. The third-order valence-corrected chi connectivity index (χ3v) is 6.21. The lowest BCUT2D eigenvalue weighted by atomic mass is 9.48. The first-order valence-corrected chi connectivity index (χ1v) is 8.87. The van der Waals surface area contributed by atoms with E-state index in [0.717, 1.165) is 12.8 Å². The minimum atomic E-state index is -1.84. The Bertz CT molecular complexity index is 926. The van der Waals surface area contributed by atoms with Crippen LogP contribution in [0.5, 0.6) is 5.75 Å². The van der Waals surface area contributed by atoms with Gasteiger partial charge in [-0.1, -0.05) is 18.6 Å². The monoisotopic (exact) mass is 362 g/mol. The molecule has 3 saturated heterocycles. The van der Waals surface area contributed by atoms with E-state index in [1.807, 2.05) is 0 Å². The molecule has 5 rings (SSSR count). The molecule has 4 aliphatic rings. The maximum Gasteiger partial charge on any atom is 0.218 e. The Labute approximate surface area is 157 Å². The Balaban J connectivity index is 2.00. The van der Waals surface area contributed by atoms with Gasteiger partial charge < -0.3 is 14.2 Å². The van der Waals surface area contributed by atoms with Crippen LogP contribution < -0.4 is 4.74 Å². The van der Waals surface area contributed by atoms with Crippen LogP contribution >= 0.6 is 0 Å². The quantitative estimate of drug-likeness (QED) is 0.861. The highest BCUT2D eigenvalue weighted by Crippen LogP contribution is 2.69. The number of nitriles is 3. The Morgan fingerprint density at radius 2 is 1.96 bits per heavy atom. The molecule has 3 heterocycles. The number of hydrogen-bond donors (Lipinski definition) is 1. The van der Waals surface area contributed by atoms with Gasteiger partial charge in [0.05, 0.1) is 31.2 Å². The molecule has 3 aliphatic heterocycles. The Morgan fingerprint density at radius 3 is 2.63 bits per heavy atom. The molecule has 27 heavy (non-hydrogen) atoms. The first kappa shape index (κ1) is 17.3. The molecule has 0 aromatic heterocycles. The van der Waals surface area contributed by atoms with E-state index in [1.165, 1.54) is 7.11 Å². The second-order valence-electron chi connectivity index (χ2n) is 7.27. The molecule has 1 aromatic carbocycles. The molecular weight excluding hydrogens is 344 g/mol. The van der Waals surface area contributed by atoms with Crippen LogP contribution in [0.2, 0.25) is 0 Å². The summed E-state index contributed by atoms with van der Waals surface area (Å²) in [6.07, 6.45) is 1.69. The fraction of sp³-hybridized carbons (Fsp3) is 0.500. The van der Waals surface area contributed by atoms with Gasteiger partial charge in [0.25, 0.3) is 0 Å². The van der Waals surface area contributed by atoms with Crippen molar-refractivity contribution in [2.75, 3.05) is 7.11 Å². The highest BCUT2D eigenvalue weighted by atomic mass is 16.7. The van der Waals surface area contributed by atoms with Crippen LogP contribution in [-0.4, -0.2) is 18.8 Å². The zero-order chi connectivity index (χ0) is 19.3. The molecule has 1 saturated carbocycles. The van der Waals surface area contributed by atoms with Crippen molar-refractivity contribution in [3.8, 4) is 24.0 Å². The zero-order valence-electron chi connectivity index (χ0n) is 14.9. The number of nitrogens with zero attached hydrogens (tertiary/aromatic N) is 3. The molecule has 7 nitrogen and oxygen atoms in total. The van der Waals surface area contributed by atoms with Gasteiger partial charge in [0.2, 0.25) is 11.7 Å². The fourth-order valence-corrected chi connectivity index (χ4v) is 4.95. The van der Waals surface area contributed by atoms with Crippen LogP contribution in [0, 0.1) is 56.2 Å². The minimum absolute atomic E-state index is 0.356. The average molecular weight is 362 g/mol. The summed E-state index contributed by atoms with van der Waals surface area (Å²) in [5, 5.41) is 39.0. The van der Waals surface area contributed by atoms with E-state index in [-0.39, 0.29) is 5.90 Å². The lowest BCUT2D eigenvalue weighted by Gasteiger charge is -2.63. The molecule has 7 heteroatoms. The van der Waals surface area contributed by atoms with Gasteiger partial charge in [0.15, 0.2) is 10.8 Å². The zero-order valence-corrected chi connectivity index (χ0v) is 14.9. The summed E-state index contributed by atoms with van der Waals surface area (Å²) >= 11 is 0. The lowest BCUT2D eigenvalue weighted by Crippen LogP contribution is -2.73. The van der Waals surface area contributed by atoms with Crippen LogP contribution in [0.15, 0.2) is 24.3 Å². The van der Waals surface area contributed by atoms with Crippen LogP contribution in [0.1, 0.15) is 37.4 Å². The van der Waals surface area contributed by atoms with E-state index in [2.05, 4.69) is 18.2 Å². The molecule has 1 aliphatic carbocycles. The molecule has 136 valence electrons. The first-order valence-electron chi connectivity index (χ1n) is 8.87. The predicted octanol–water partition coefficient (Wildman–Crippen LogP) is 3.20. The van der Waals surface area contributed by atoms with E-state index in [1.54, 1.807) is 24.3 Å². The standard InChI is InChI=1S/C20H18N4O3/c1-25-14-6-4-5-13(9-14)16-19(12-23)17(24)27-20(26-16)8-3-2-7-15(20)18(19,10-21)11-22/h4-6,9,15-16,24H,2-3,7-8H2,1H3/t15-,16+,19-,20-/m1/s1. The molecule has 0 unspecified atom stereocenters. The first-order chi connectivity index (χ1) is 13.0. The third kappa shape index (κ3) is 1.89. The van der Waals surface area contributed by atoms with Crippen molar-refractivity contribution < 1.29 is 14.2 Å². The Morgan fingerprint density at radius 1 is 1.19 bits per heavy atom. The number of ether oxygens (including phenoxy) is 3. The van der Waals surface area contributed by atoms with Crippen LogP contribution in [-0.2, 0) is 9.47 Å². The summed E-state index contributed by atoms with van der Waals surface area (Å²) in [4.78, 5) is 0. The van der Waals surface area contributed by atoms with E-state index < -0.39 is 28.6 Å². The van der Waals surface area contributed by atoms with Crippen molar-refractivity contribution in [3.63, 3.8) is 0 Å². The normalized spacial score (nSPS) is 35.7. The van der Waals surface area contributed by atoms with Crippen LogP contribution in [0.3, 0.4) is 0 Å². The third-order valence-electron chi connectivity index (χ3n) is 6.21. The van der Waals surface area contributed by atoms with E-state index in [4.69, 9.17) is 19.6 Å². The number of hydrogen-bond acceptors (Lipinski definition) is 7. The molecular formula is C20H18N4O3. The number of nitrogens with one attached hydrogen (secondary N) is 1. The molecule has 0 amide bonds. The van der Waals surface area contributed by atoms with E-state index >= 15 is 0 Å². The molecule has 1 aromatic rings.